The first-order chi connectivity index (χ1) is 14.7. The molecule has 0 fully saturated rings. The van der Waals surface area contributed by atoms with Crippen molar-refractivity contribution >= 4 is 23.2 Å². The largest absolute Gasteiger partial charge is 0.493 e. The maximum Gasteiger partial charge on any atom is 0.213 e. The van der Waals surface area contributed by atoms with Crippen molar-refractivity contribution in [2.45, 2.75) is 19.6 Å². The van der Waals surface area contributed by atoms with E-state index in [4.69, 9.17) is 37.4 Å². The topological polar surface area (TPSA) is 52.6 Å². The summed E-state index contributed by atoms with van der Waals surface area (Å²) in [7, 11) is 1.62. The molecule has 158 valence electrons. The van der Waals surface area contributed by atoms with E-state index in [2.05, 4.69) is 10.3 Å². The summed E-state index contributed by atoms with van der Waals surface area (Å²) < 4.78 is 17.0. The zero-order chi connectivity index (χ0) is 21.2. The lowest BCUT2D eigenvalue weighted by molar-refractivity contribution is 0.284. The van der Waals surface area contributed by atoms with Gasteiger partial charge in [0.2, 0.25) is 5.88 Å². The molecule has 3 rings (SSSR count). The number of methoxy groups -OCH3 is 1. The number of halogens is 2. The molecule has 0 amide bonds. The van der Waals surface area contributed by atoms with E-state index in [0.717, 1.165) is 24.1 Å². The van der Waals surface area contributed by atoms with Gasteiger partial charge in [-0.05, 0) is 48.4 Å². The summed E-state index contributed by atoms with van der Waals surface area (Å²) in [5, 5.41) is 4.69. The summed E-state index contributed by atoms with van der Waals surface area (Å²) in [5.41, 5.74) is 1.95. The van der Waals surface area contributed by atoms with Crippen LogP contribution in [0.1, 0.15) is 17.5 Å². The summed E-state index contributed by atoms with van der Waals surface area (Å²) in [5.74, 6) is 1.88. The first-order valence-corrected chi connectivity index (χ1v) is 10.4. The van der Waals surface area contributed by atoms with Crippen LogP contribution in [0.4, 0.5) is 0 Å². The maximum absolute atomic E-state index is 6.46. The fraction of sp³-hybridized carbons (Fsp3) is 0.261. The Morgan fingerprint density at radius 2 is 1.80 bits per heavy atom. The Kier molecular flexibility index (Phi) is 8.63. The first-order valence-electron chi connectivity index (χ1n) is 9.64. The SMILES string of the molecule is COc1cc(CNCCCOc2ccccn2)c(Cl)cc1OCc1ccc(Cl)cc1. The van der Waals surface area contributed by atoms with E-state index < -0.39 is 0 Å². The minimum absolute atomic E-state index is 0.401. The second-order valence-electron chi connectivity index (χ2n) is 6.56. The normalized spacial score (nSPS) is 10.6. The lowest BCUT2D eigenvalue weighted by Gasteiger charge is -2.14. The van der Waals surface area contributed by atoms with Crippen molar-refractivity contribution in [2.24, 2.45) is 0 Å². The van der Waals surface area contributed by atoms with E-state index in [9.17, 15) is 0 Å². The predicted octanol–water partition coefficient (Wildman–Crippen LogP) is 5.53. The van der Waals surface area contributed by atoms with Gasteiger partial charge in [0.15, 0.2) is 11.5 Å². The van der Waals surface area contributed by atoms with Gasteiger partial charge in [0.05, 0.1) is 13.7 Å². The van der Waals surface area contributed by atoms with Gasteiger partial charge in [-0.25, -0.2) is 4.98 Å². The van der Waals surface area contributed by atoms with Crippen LogP contribution in [0.5, 0.6) is 17.4 Å². The molecule has 0 atom stereocenters. The van der Waals surface area contributed by atoms with Gasteiger partial charge >= 0.3 is 0 Å². The number of nitrogens with zero attached hydrogens (tertiary/aromatic N) is 1. The van der Waals surface area contributed by atoms with Crippen molar-refractivity contribution in [2.75, 3.05) is 20.3 Å². The second kappa shape index (κ2) is 11.6. The molecule has 30 heavy (non-hydrogen) atoms. The van der Waals surface area contributed by atoms with Crippen molar-refractivity contribution in [3.63, 3.8) is 0 Å². The standard InChI is InChI=1S/C23H24Cl2N2O3/c1-28-21-13-18(15-26-10-4-12-29-23-5-2-3-11-27-23)20(25)14-22(21)30-16-17-6-8-19(24)9-7-17/h2-3,5-9,11,13-14,26H,4,10,12,15-16H2,1H3. The van der Waals surface area contributed by atoms with E-state index in [1.807, 2.05) is 48.5 Å². The molecule has 0 unspecified atom stereocenters. The van der Waals surface area contributed by atoms with Crippen molar-refractivity contribution in [3.05, 3.63) is 82.0 Å². The molecule has 1 aromatic heterocycles. The molecule has 1 N–H and O–H groups in total. The fourth-order valence-corrected chi connectivity index (χ4v) is 3.10. The van der Waals surface area contributed by atoms with E-state index in [1.165, 1.54) is 0 Å². The van der Waals surface area contributed by atoms with Crippen LogP contribution in [0, 0.1) is 0 Å². The monoisotopic (exact) mass is 446 g/mol. The molecule has 7 heteroatoms. The highest BCUT2D eigenvalue weighted by atomic mass is 35.5. The number of hydrogen-bond donors (Lipinski definition) is 1. The number of rotatable bonds is 11. The van der Waals surface area contributed by atoms with Crippen LogP contribution in [0.3, 0.4) is 0 Å². The molecule has 0 spiro atoms. The van der Waals surface area contributed by atoms with Gasteiger partial charge in [-0.1, -0.05) is 41.4 Å². The zero-order valence-corrected chi connectivity index (χ0v) is 18.2. The van der Waals surface area contributed by atoms with Crippen molar-refractivity contribution < 1.29 is 14.2 Å². The Balaban J connectivity index is 1.47. The Hall–Kier alpha value is -2.47. The Morgan fingerprint density at radius 1 is 0.967 bits per heavy atom. The molecule has 1 heterocycles. The number of benzene rings is 2. The third-order valence-corrected chi connectivity index (χ3v) is 4.95. The molecule has 0 bridgehead atoms. The number of nitrogens with one attached hydrogen (secondary N) is 1. The first kappa shape index (κ1) is 22.2. The minimum Gasteiger partial charge on any atom is -0.493 e. The smallest absolute Gasteiger partial charge is 0.213 e. The highest BCUT2D eigenvalue weighted by Gasteiger charge is 2.11. The van der Waals surface area contributed by atoms with Gasteiger partial charge in [-0.2, -0.15) is 0 Å². The fourth-order valence-electron chi connectivity index (χ4n) is 2.76. The minimum atomic E-state index is 0.401. The van der Waals surface area contributed by atoms with Crippen LogP contribution >= 0.6 is 23.2 Å². The summed E-state index contributed by atoms with van der Waals surface area (Å²) in [6, 6.07) is 16.8. The predicted molar refractivity (Wildman–Crippen MR) is 120 cm³/mol. The van der Waals surface area contributed by atoms with Crippen LogP contribution in [0.2, 0.25) is 10.0 Å². The van der Waals surface area contributed by atoms with Gasteiger partial charge in [0.25, 0.3) is 0 Å². The maximum atomic E-state index is 6.46. The highest BCUT2D eigenvalue weighted by molar-refractivity contribution is 6.31. The lowest BCUT2D eigenvalue weighted by Crippen LogP contribution is -2.17. The molecule has 0 saturated carbocycles. The molecule has 0 saturated heterocycles. The number of hydrogen-bond acceptors (Lipinski definition) is 5. The van der Waals surface area contributed by atoms with Gasteiger partial charge in [0, 0.05) is 34.9 Å². The molecule has 0 aliphatic rings. The quantitative estimate of drug-likeness (QED) is 0.392. The molecule has 5 nitrogen and oxygen atoms in total. The average molecular weight is 447 g/mol. The Bertz CT molecular complexity index is 922. The lowest BCUT2D eigenvalue weighted by atomic mass is 10.2. The summed E-state index contributed by atoms with van der Waals surface area (Å²) in [4.78, 5) is 4.13. The molecule has 0 radical (unpaired) electrons. The third kappa shape index (κ3) is 6.80. The van der Waals surface area contributed by atoms with Crippen LogP contribution in [-0.4, -0.2) is 25.2 Å². The van der Waals surface area contributed by atoms with Crippen LogP contribution in [-0.2, 0) is 13.2 Å². The van der Waals surface area contributed by atoms with E-state index in [0.29, 0.717) is 47.2 Å². The Labute approximate surface area is 186 Å². The van der Waals surface area contributed by atoms with E-state index in [-0.39, 0.29) is 0 Å². The number of ether oxygens (including phenoxy) is 3. The summed E-state index contributed by atoms with van der Waals surface area (Å²) in [6.45, 7) is 2.41. The third-order valence-electron chi connectivity index (χ3n) is 4.34. The van der Waals surface area contributed by atoms with Crippen molar-refractivity contribution in [1.82, 2.24) is 10.3 Å². The zero-order valence-electron chi connectivity index (χ0n) is 16.7. The summed E-state index contributed by atoms with van der Waals surface area (Å²) >= 11 is 12.4. The van der Waals surface area contributed by atoms with Gasteiger partial charge in [0.1, 0.15) is 6.61 Å². The molecular formula is C23H24Cl2N2O3. The molecule has 0 aliphatic carbocycles. The van der Waals surface area contributed by atoms with Crippen molar-refractivity contribution in [3.8, 4) is 17.4 Å². The van der Waals surface area contributed by atoms with Gasteiger partial charge < -0.3 is 19.5 Å². The number of aromatic nitrogens is 1. The van der Waals surface area contributed by atoms with Crippen molar-refractivity contribution in [1.29, 1.82) is 0 Å². The highest BCUT2D eigenvalue weighted by Crippen LogP contribution is 2.34. The molecule has 0 aliphatic heterocycles. The van der Waals surface area contributed by atoms with E-state index >= 15 is 0 Å². The Morgan fingerprint density at radius 3 is 2.53 bits per heavy atom. The number of pyridine rings is 1. The molecule has 3 aromatic rings. The molecular weight excluding hydrogens is 423 g/mol. The van der Waals surface area contributed by atoms with E-state index in [1.54, 1.807) is 19.4 Å². The van der Waals surface area contributed by atoms with Crippen LogP contribution in [0.25, 0.3) is 0 Å². The average Bonchev–Trinajstić information content (AvgIpc) is 2.77. The summed E-state index contributed by atoms with van der Waals surface area (Å²) in [6.07, 6.45) is 2.57. The second-order valence-corrected chi connectivity index (χ2v) is 7.40. The van der Waals surface area contributed by atoms with Crippen LogP contribution < -0.4 is 19.5 Å². The van der Waals surface area contributed by atoms with Gasteiger partial charge in [-0.15, -0.1) is 0 Å². The van der Waals surface area contributed by atoms with Crippen LogP contribution in [0.15, 0.2) is 60.8 Å². The van der Waals surface area contributed by atoms with Gasteiger partial charge in [-0.3, -0.25) is 0 Å². The molecule has 2 aromatic carbocycles.